The molecule has 4 heteroatoms. The van der Waals surface area contributed by atoms with E-state index in [9.17, 15) is 0 Å². The molecular weight excluding hydrogens is 274 g/mol. The van der Waals surface area contributed by atoms with E-state index >= 15 is 0 Å². The summed E-state index contributed by atoms with van der Waals surface area (Å²) in [5.41, 5.74) is 1.22. The lowest BCUT2D eigenvalue weighted by atomic mass is 10.00. The van der Waals surface area contributed by atoms with Gasteiger partial charge >= 0.3 is 0 Å². The molecule has 0 aromatic heterocycles. The summed E-state index contributed by atoms with van der Waals surface area (Å²) in [6, 6.07) is 8.17. The lowest BCUT2D eigenvalue weighted by molar-refractivity contribution is 0.406. The van der Waals surface area contributed by atoms with Crippen LogP contribution in [0.2, 0.25) is 0 Å². The first kappa shape index (κ1) is 18.3. The summed E-state index contributed by atoms with van der Waals surface area (Å²) in [6.45, 7) is 8.45. The summed E-state index contributed by atoms with van der Waals surface area (Å²) in [5.74, 6) is 2.86. The second-order valence-corrected chi connectivity index (χ2v) is 5.66. The van der Waals surface area contributed by atoms with Crippen molar-refractivity contribution in [2.24, 2.45) is 10.9 Å². The van der Waals surface area contributed by atoms with E-state index in [1.165, 1.54) is 18.4 Å². The van der Waals surface area contributed by atoms with Crippen LogP contribution in [-0.2, 0) is 0 Å². The number of rotatable bonds is 8. The maximum Gasteiger partial charge on any atom is 0.191 e. The second-order valence-electron chi connectivity index (χ2n) is 5.66. The van der Waals surface area contributed by atoms with E-state index in [2.05, 4.69) is 48.5 Å². The Balaban J connectivity index is 2.52. The Morgan fingerprint density at radius 3 is 2.36 bits per heavy atom. The van der Waals surface area contributed by atoms with Crippen molar-refractivity contribution >= 4 is 5.96 Å². The second kappa shape index (κ2) is 10.1. The van der Waals surface area contributed by atoms with Crippen LogP contribution < -0.4 is 15.4 Å². The van der Waals surface area contributed by atoms with Crippen molar-refractivity contribution in [3.05, 3.63) is 29.8 Å². The van der Waals surface area contributed by atoms with Crippen LogP contribution in [0.3, 0.4) is 0 Å². The van der Waals surface area contributed by atoms with Crippen molar-refractivity contribution in [3.63, 3.8) is 0 Å². The summed E-state index contributed by atoms with van der Waals surface area (Å²) in [6.07, 6.45) is 2.39. The Labute approximate surface area is 135 Å². The predicted molar refractivity (Wildman–Crippen MR) is 94.8 cm³/mol. The highest BCUT2D eigenvalue weighted by atomic mass is 16.5. The van der Waals surface area contributed by atoms with Gasteiger partial charge in [0.2, 0.25) is 0 Å². The molecule has 4 nitrogen and oxygen atoms in total. The van der Waals surface area contributed by atoms with Crippen molar-refractivity contribution in [2.45, 2.75) is 39.5 Å². The zero-order valence-corrected chi connectivity index (χ0v) is 14.6. The number of benzene rings is 1. The zero-order valence-electron chi connectivity index (χ0n) is 14.6. The summed E-state index contributed by atoms with van der Waals surface area (Å²) < 4.78 is 5.43. The van der Waals surface area contributed by atoms with Crippen molar-refractivity contribution in [2.75, 3.05) is 27.2 Å². The SMILES string of the molecule is CCC(CC)CNC(=NC)NCC(C)c1ccccc1OC. The van der Waals surface area contributed by atoms with Crippen LogP contribution in [0.4, 0.5) is 0 Å². The van der Waals surface area contributed by atoms with Gasteiger partial charge in [-0.2, -0.15) is 0 Å². The van der Waals surface area contributed by atoms with Gasteiger partial charge in [-0.1, -0.05) is 51.8 Å². The lowest BCUT2D eigenvalue weighted by Gasteiger charge is -2.20. The maximum atomic E-state index is 5.43. The van der Waals surface area contributed by atoms with E-state index in [1.54, 1.807) is 7.11 Å². The van der Waals surface area contributed by atoms with Crippen molar-refractivity contribution in [1.82, 2.24) is 10.6 Å². The minimum Gasteiger partial charge on any atom is -0.496 e. The van der Waals surface area contributed by atoms with Gasteiger partial charge in [-0.05, 0) is 17.5 Å². The van der Waals surface area contributed by atoms with Crippen LogP contribution >= 0.6 is 0 Å². The largest absolute Gasteiger partial charge is 0.496 e. The molecule has 0 bridgehead atoms. The molecule has 0 spiro atoms. The fourth-order valence-electron chi connectivity index (χ4n) is 2.47. The molecule has 0 aliphatic heterocycles. The van der Waals surface area contributed by atoms with E-state index < -0.39 is 0 Å². The van der Waals surface area contributed by atoms with Crippen LogP contribution in [0.25, 0.3) is 0 Å². The lowest BCUT2D eigenvalue weighted by Crippen LogP contribution is -2.41. The summed E-state index contributed by atoms with van der Waals surface area (Å²) in [4.78, 5) is 4.30. The normalized spacial score (nSPS) is 13.1. The summed E-state index contributed by atoms with van der Waals surface area (Å²) in [5, 5.41) is 6.82. The fraction of sp³-hybridized carbons (Fsp3) is 0.611. The zero-order chi connectivity index (χ0) is 16.4. The number of nitrogens with zero attached hydrogens (tertiary/aromatic N) is 1. The van der Waals surface area contributed by atoms with Gasteiger partial charge in [0, 0.05) is 26.1 Å². The first-order valence-electron chi connectivity index (χ1n) is 8.23. The Morgan fingerprint density at radius 2 is 1.77 bits per heavy atom. The molecule has 0 aliphatic rings. The smallest absolute Gasteiger partial charge is 0.191 e. The molecule has 0 aliphatic carbocycles. The average Bonchev–Trinajstić information content (AvgIpc) is 2.57. The van der Waals surface area contributed by atoms with Gasteiger partial charge in [-0.25, -0.2) is 0 Å². The minimum absolute atomic E-state index is 0.350. The van der Waals surface area contributed by atoms with E-state index in [0.717, 1.165) is 24.8 Å². The standard InChI is InChI=1S/C18H31N3O/c1-6-15(7-2)13-21-18(19-4)20-12-14(3)16-10-8-9-11-17(16)22-5/h8-11,14-15H,6-7,12-13H2,1-5H3,(H2,19,20,21). The van der Waals surface area contributed by atoms with E-state index in [1.807, 2.05) is 19.2 Å². The Hall–Kier alpha value is -1.71. The number of aliphatic imine (C=N–C) groups is 1. The highest BCUT2D eigenvalue weighted by Crippen LogP contribution is 2.25. The molecule has 1 aromatic carbocycles. The molecule has 0 radical (unpaired) electrons. The van der Waals surface area contributed by atoms with E-state index in [0.29, 0.717) is 11.8 Å². The highest BCUT2D eigenvalue weighted by molar-refractivity contribution is 5.79. The van der Waals surface area contributed by atoms with Crippen molar-refractivity contribution < 1.29 is 4.74 Å². The topological polar surface area (TPSA) is 45.7 Å². The molecule has 0 heterocycles. The van der Waals surface area contributed by atoms with E-state index in [4.69, 9.17) is 4.74 Å². The van der Waals surface area contributed by atoms with Crippen LogP contribution in [0, 0.1) is 5.92 Å². The molecule has 0 fully saturated rings. The molecule has 22 heavy (non-hydrogen) atoms. The number of guanidine groups is 1. The third-order valence-corrected chi connectivity index (χ3v) is 4.18. The minimum atomic E-state index is 0.350. The van der Waals surface area contributed by atoms with Gasteiger partial charge in [0.05, 0.1) is 7.11 Å². The van der Waals surface area contributed by atoms with Gasteiger partial charge in [0.1, 0.15) is 5.75 Å². The molecule has 1 aromatic rings. The first-order chi connectivity index (χ1) is 10.7. The summed E-state index contributed by atoms with van der Waals surface area (Å²) >= 11 is 0. The van der Waals surface area contributed by atoms with Crippen LogP contribution in [0.15, 0.2) is 29.3 Å². The molecule has 0 saturated heterocycles. The van der Waals surface area contributed by atoms with Crippen LogP contribution in [0.5, 0.6) is 5.75 Å². The Bertz CT molecular complexity index is 455. The van der Waals surface area contributed by atoms with Gasteiger partial charge in [-0.3, -0.25) is 4.99 Å². The fourth-order valence-corrected chi connectivity index (χ4v) is 2.47. The van der Waals surface area contributed by atoms with Gasteiger partial charge in [-0.15, -0.1) is 0 Å². The average molecular weight is 305 g/mol. The van der Waals surface area contributed by atoms with Crippen LogP contribution in [0.1, 0.15) is 45.1 Å². The number of para-hydroxylation sites is 1. The van der Waals surface area contributed by atoms with Crippen molar-refractivity contribution in [1.29, 1.82) is 0 Å². The summed E-state index contributed by atoms with van der Waals surface area (Å²) in [7, 11) is 3.53. The van der Waals surface area contributed by atoms with E-state index in [-0.39, 0.29) is 0 Å². The number of ether oxygens (including phenoxy) is 1. The molecular formula is C18H31N3O. The number of methoxy groups -OCH3 is 1. The van der Waals surface area contributed by atoms with Crippen LogP contribution in [-0.4, -0.2) is 33.2 Å². The van der Waals surface area contributed by atoms with Gasteiger partial charge in [0.15, 0.2) is 5.96 Å². The van der Waals surface area contributed by atoms with Crippen molar-refractivity contribution in [3.8, 4) is 5.75 Å². The van der Waals surface area contributed by atoms with Gasteiger partial charge < -0.3 is 15.4 Å². The third-order valence-electron chi connectivity index (χ3n) is 4.18. The highest BCUT2D eigenvalue weighted by Gasteiger charge is 2.12. The molecule has 2 N–H and O–H groups in total. The number of hydrogen-bond donors (Lipinski definition) is 2. The number of hydrogen-bond acceptors (Lipinski definition) is 2. The van der Waals surface area contributed by atoms with Gasteiger partial charge in [0.25, 0.3) is 0 Å². The molecule has 1 unspecified atom stereocenters. The molecule has 0 amide bonds. The Morgan fingerprint density at radius 1 is 1.14 bits per heavy atom. The molecule has 0 saturated carbocycles. The Kier molecular flexibility index (Phi) is 8.41. The molecule has 1 rings (SSSR count). The monoisotopic (exact) mass is 305 g/mol. The maximum absolute atomic E-state index is 5.43. The third kappa shape index (κ3) is 5.58. The number of nitrogens with one attached hydrogen (secondary N) is 2. The molecule has 124 valence electrons. The predicted octanol–water partition coefficient (Wildman–Crippen LogP) is 3.40. The molecule has 1 atom stereocenters. The first-order valence-corrected chi connectivity index (χ1v) is 8.23. The quantitative estimate of drug-likeness (QED) is 0.571.